The van der Waals surface area contributed by atoms with Gasteiger partial charge in [0.05, 0.1) is 10.6 Å². The SMILES string of the molecule is O=C(Cn1c2c(sc1=O)[C@@H](c1cccc(Br)c1)[C@@H]1[C@H]3CC[C@@H](C3)[C@H]1S2)Nc1cccc(C(F)(F)F)c1. The van der Waals surface area contributed by atoms with E-state index in [9.17, 15) is 22.8 Å². The number of nitrogens with one attached hydrogen (secondary N) is 1. The van der Waals surface area contributed by atoms with Gasteiger partial charge in [0.2, 0.25) is 5.91 Å². The van der Waals surface area contributed by atoms with Crippen molar-refractivity contribution in [1.29, 1.82) is 0 Å². The van der Waals surface area contributed by atoms with E-state index < -0.39 is 17.6 Å². The number of fused-ring (bicyclic) bond motifs is 6. The number of thioether (sulfide) groups is 1. The highest BCUT2D eigenvalue weighted by Crippen LogP contribution is 2.64. The van der Waals surface area contributed by atoms with Crippen LogP contribution in [0.15, 0.2) is 62.8 Å². The van der Waals surface area contributed by atoms with Gasteiger partial charge < -0.3 is 5.32 Å². The molecule has 188 valence electrons. The van der Waals surface area contributed by atoms with E-state index >= 15 is 0 Å². The number of rotatable bonds is 4. The summed E-state index contributed by atoms with van der Waals surface area (Å²) in [6.45, 7) is -0.232. The van der Waals surface area contributed by atoms with Gasteiger partial charge in [-0.2, -0.15) is 13.2 Å². The summed E-state index contributed by atoms with van der Waals surface area (Å²) in [4.78, 5) is 26.8. The van der Waals surface area contributed by atoms with Crippen LogP contribution in [0.1, 0.15) is 41.2 Å². The van der Waals surface area contributed by atoms with Crippen LogP contribution in [-0.4, -0.2) is 15.7 Å². The fourth-order valence-corrected chi connectivity index (χ4v) is 9.85. The van der Waals surface area contributed by atoms with Gasteiger partial charge in [0.15, 0.2) is 0 Å². The van der Waals surface area contributed by atoms with Crippen LogP contribution in [0.2, 0.25) is 0 Å². The van der Waals surface area contributed by atoms with E-state index in [1.807, 2.05) is 12.1 Å². The molecule has 2 aromatic carbocycles. The van der Waals surface area contributed by atoms with E-state index in [-0.39, 0.29) is 23.0 Å². The summed E-state index contributed by atoms with van der Waals surface area (Å²) in [5, 5.41) is 3.77. The van der Waals surface area contributed by atoms with E-state index in [1.54, 1.807) is 11.8 Å². The number of carbonyl (C=O) groups is 1. The van der Waals surface area contributed by atoms with Crippen LogP contribution in [0, 0.1) is 17.8 Å². The zero-order valence-electron chi connectivity index (χ0n) is 18.9. The minimum absolute atomic E-state index is 0.0554. The van der Waals surface area contributed by atoms with Crippen molar-refractivity contribution < 1.29 is 18.0 Å². The second-order valence-corrected chi connectivity index (χ2v) is 12.9. The Morgan fingerprint density at radius 1 is 1.11 bits per heavy atom. The molecular formula is C26H22BrF3N2O2S2. The van der Waals surface area contributed by atoms with Crippen molar-refractivity contribution in [2.24, 2.45) is 17.8 Å². The predicted molar refractivity (Wildman–Crippen MR) is 139 cm³/mol. The van der Waals surface area contributed by atoms with Crippen LogP contribution in [0.3, 0.4) is 0 Å². The highest BCUT2D eigenvalue weighted by molar-refractivity contribution is 9.10. The predicted octanol–water partition coefficient (Wildman–Crippen LogP) is 6.98. The molecule has 0 radical (unpaired) electrons. The van der Waals surface area contributed by atoms with Crippen molar-refractivity contribution in [3.05, 3.63) is 78.7 Å². The molecule has 3 aliphatic rings. The molecule has 1 amide bonds. The zero-order chi connectivity index (χ0) is 25.2. The van der Waals surface area contributed by atoms with Gasteiger partial charge in [-0.25, -0.2) is 0 Å². The lowest BCUT2D eigenvalue weighted by molar-refractivity contribution is -0.137. The molecule has 3 aromatic rings. The number of thiazole rings is 1. The molecule has 2 heterocycles. The largest absolute Gasteiger partial charge is 0.416 e. The quantitative estimate of drug-likeness (QED) is 0.354. The van der Waals surface area contributed by atoms with Gasteiger partial charge in [0.1, 0.15) is 6.54 Å². The number of alkyl halides is 3. The molecule has 2 aliphatic carbocycles. The Kier molecular flexibility index (Phi) is 6.12. The number of amides is 1. The molecular weight excluding hydrogens is 573 g/mol. The molecule has 4 nitrogen and oxygen atoms in total. The molecule has 1 aromatic heterocycles. The van der Waals surface area contributed by atoms with Gasteiger partial charge in [0, 0.05) is 26.2 Å². The topological polar surface area (TPSA) is 51.1 Å². The van der Waals surface area contributed by atoms with E-state index in [4.69, 9.17) is 0 Å². The number of hydrogen-bond acceptors (Lipinski definition) is 4. The number of anilines is 1. The lowest BCUT2D eigenvalue weighted by Crippen LogP contribution is -2.34. The van der Waals surface area contributed by atoms with Crippen molar-refractivity contribution in [3.63, 3.8) is 0 Å². The normalized spacial score (nSPS) is 26.5. The molecule has 0 saturated heterocycles. The fourth-order valence-electron chi connectivity index (χ4n) is 6.28. The minimum Gasteiger partial charge on any atom is -0.325 e. The summed E-state index contributed by atoms with van der Waals surface area (Å²) in [6.07, 6.45) is -0.869. The third kappa shape index (κ3) is 4.24. The first-order chi connectivity index (χ1) is 17.2. The summed E-state index contributed by atoms with van der Waals surface area (Å²) in [6, 6.07) is 12.8. The van der Waals surface area contributed by atoms with Gasteiger partial charge >= 0.3 is 11.0 Å². The summed E-state index contributed by atoms with van der Waals surface area (Å²) in [7, 11) is 0. The number of aromatic nitrogens is 1. The highest BCUT2D eigenvalue weighted by atomic mass is 79.9. The zero-order valence-corrected chi connectivity index (χ0v) is 22.1. The van der Waals surface area contributed by atoms with Crippen molar-refractivity contribution in [2.75, 3.05) is 5.32 Å². The van der Waals surface area contributed by atoms with Crippen molar-refractivity contribution in [3.8, 4) is 0 Å². The van der Waals surface area contributed by atoms with Crippen molar-refractivity contribution in [2.45, 2.75) is 48.2 Å². The Hall–Kier alpha value is -2.04. The van der Waals surface area contributed by atoms with Gasteiger partial charge in [-0.15, -0.1) is 11.8 Å². The van der Waals surface area contributed by atoms with Crippen LogP contribution >= 0.6 is 39.0 Å². The second kappa shape index (κ2) is 9.06. The molecule has 5 atom stereocenters. The number of carbonyl (C=O) groups excluding carboxylic acids is 1. The summed E-state index contributed by atoms with van der Waals surface area (Å²) in [5.41, 5.74) is 0.398. The molecule has 2 saturated carbocycles. The van der Waals surface area contributed by atoms with Crippen LogP contribution in [-0.2, 0) is 17.5 Å². The molecule has 36 heavy (non-hydrogen) atoms. The van der Waals surface area contributed by atoms with E-state index in [2.05, 4.69) is 33.4 Å². The Morgan fingerprint density at radius 3 is 2.67 bits per heavy atom. The Balaban J connectivity index is 1.33. The fraction of sp³-hybridized carbons (Fsp3) is 0.385. The average Bonchev–Trinajstić information content (AvgIpc) is 3.52. The van der Waals surface area contributed by atoms with Gasteiger partial charge in [-0.1, -0.05) is 45.5 Å². The van der Waals surface area contributed by atoms with E-state index in [0.717, 1.165) is 26.5 Å². The van der Waals surface area contributed by atoms with Gasteiger partial charge in [-0.05, 0) is 72.9 Å². The number of benzene rings is 2. The van der Waals surface area contributed by atoms with E-state index in [1.165, 1.54) is 52.9 Å². The molecule has 0 unspecified atom stereocenters. The number of hydrogen-bond donors (Lipinski definition) is 1. The summed E-state index contributed by atoms with van der Waals surface area (Å²) in [5.74, 6) is 1.28. The molecule has 1 aliphatic heterocycles. The molecule has 2 bridgehead atoms. The third-order valence-corrected chi connectivity index (χ3v) is 11.0. The lowest BCUT2D eigenvalue weighted by Gasteiger charge is -2.40. The highest BCUT2D eigenvalue weighted by Gasteiger charge is 2.55. The minimum atomic E-state index is -4.50. The maximum atomic E-state index is 13.2. The van der Waals surface area contributed by atoms with Crippen LogP contribution in [0.5, 0.6) is 0 Å². The lowest BCUT2D eigenvalue weighted by atomic mass is 9.75. The first-order valence-corrected chi connectivity index (χ1v) is 14.3. The first-order valence-electron chi connectivity index (χ1n) is 11.8. The standard InChI is InChI=1S/C26H22BrF3N2O2S2/c27-17-5-1-3-13(10-17)21-20-14-7-8-15(9-14)22(20)35-24-23(21)36-25(34)32(24)12-19(33)31-18-6-2-4-16(11-18)26(28,29)30/h1-6,10-11,14-15,20-22H,7-9,12H2,(H,31,33)/t14-,15-,20-,21-,22+/m0/s1. The smallest absolute Gasteiger partial charge is 0.325 e. The molecule has 6 rings (SSSR count). The Labute approximate surface area is 222 Å². The molecule has 2 fully saturated rings. The van der Waals surface area contributed by atoms with Crippen LogP contribution < -0.4 is 10.2 Å². The molecule has 0 spiro atoms. The van der Waals surface area contributed by atoms with Crippen molar-refractivity contribution >= 4 is 50.6 Å². The molecule has 10 heteroatoms. The maximum absolute atomic E-state index is 13.2. The Morgan fingerprint density at radius 2 is 1.89 bits per heavy atom. The van der Waals surface area contributed by atoms with Crippen LogP contribution in [0.4, 0.5) is 18.9 Å². The van der Waals surface area contributed by atoms with Crippen molar-refractivity contribution in [1.82, 2.24) is 4.57 Å². The number of halogens is 4. The maximum Gasteiger partial charge on any atom is 0.416 e. The third-order valence-electron chi connectivity index (χ3n) is 7.67. The summed E-state index contributed by atoms with van der Waals surface area (Å²) < 4.78 is 41.7. The molecule has 1 N–H and O–H groups in total. The van der Waals surface area contributed by atoms with Gasteiger partial charge in [-0.3, -0.25) is 14.2 Å². The van der Waals surface area contributed by atoms with Crippen LogP contribution in [0.25, 0.3) is 0 Å². The number of nitrogens with zero attached hydrogens (tertiary/aromatic N) is 1. The summed E-state index contributed by atoms with van der Waals surface area (Å²) >= 11 is 6.52. The van der Waals surface area contributed by atoms with Gasteiger partial charge in [0.25, 0.3) is 0 Å². The average molecular weight is 596 g/mol. The first kappa shape index (κ1) is 24.3. The van der Waals surface area contributed by atoms with E-state index in [0.29, 0.717) is 23.0 Å². The second-order valence-electron chi connectivity index (χ2n) is 9.78. The Bertz CT molecular complexity index is 1400. The monoisotopic (exact) mass is 594 g/mol.